The van der Waals surface area contributed by atoms with E-state index in [1.807, 2.05) is 47.0 Å². The number of nitrogens with zero attached hydrogens (tertiary/aromatic N) is 3. The fraction of sp³-hybridized carbons (Fsp3) is 0.348. The van der Waals surface area contributed by atoms with Crippen molar-refractivity contribution in [1.29, 1.82) is 0 Å². The number of carbonyl (C=O) groups excluding carboxylic acids is 1. The molecule has 0 aliphatic heterocycles. The molecule has 1 aliphatic carbocycles. The zero-order valence-electron chi connectivity index (χ0n) is 15.7. The molecule has 1 aromatic heterocycles. The van der Waals surface area contributed by atoms with E-state index in [0.717, 1.165) is 30.3 Å². The maximum atomic E-state index is 12.7. The van der Waals surface area contributed by atoms with Gasteiger partial charge in [0, 0.05) is 6.04 Å². The molecule has 1 heterocycles. The Hall–Kier alpha value is -3.17. The molecule has 1 fully saturated rings. The molecule has 2 N–H and O–H groups in total. The fourth-order valence-corrected chi connectivity index (χ4v) is 3.63. The van der Waals surface area contributed by atoms with E-state index in [2.05, 4.69) is 15.1 Å². The predicted molar refractivity (Wildman–Crippen MR) is 115 cm³/mol. The normalized spacial score (nSPS) is 15.6. The lowest BCUT2D eigenvalue weighted by molar-refractivity contribution is -0.120. The predicted octanol–water partition coefficient (Wildman–Crippen LogP) is 5.18. The van der Waals surface area contributed by atoms with Crippen LogP contribution in [-0.2, 0) is 10.4 Å². The Labute approximate surface area is 171 Å². The van der Waals surface area contributed by atoms with Crippen LogP contribution in [0.1, 0.15) is 51.6 Å². The van der Waals surface area contributed by atoms with E-state index in [-0.39, 0.29) is 25.8 Å². The van der Waals surface area contributed by atoms with E-state index in [4.69, 9.17) is 6.57 Å². The van der Waals surface area contributed by atoms with E-state index in [1.165, 1.54) is 0 Å². The van der Waals surface area contributed by atoms with Crippen LogP contribution in [0.15, 0.2) is 48.5 Å². The van der Waals surface area contributed by atoms with Gasteiger partial charge < -0.3 is 9.67 Å². The molecule has 1 aliphatic rings. The molecule has 0 bridgehead atoms. The van der Waals surface area contributed by atoms with Crippen molar-refractivity contribution < 1.29 is 9.90 Å². The molecule has 0 radical (unpaired) electrons. The first-order valence-electron chi connectivity index (χ1n) is 9.45. The van der Waals surface area contributed by atoms with E-state index in [0.29, 0.717) is 17.2 Å². The van der Waals surface area contributed by atoms with Gasteiger partial charge in [0.25, 0.3) is 0 Å². The number of hydrogen-bond donors (Lipinski definition) is 2. The second kappa shape index (κ2) is 8.06. The smallest absolute Gasteiger partial charge is 0.229 e. The highest BCUT2D eigenvalue weighted by atomic mass is 16.3. The number of carbonyl (C=O) groups is 1. The molecule has 6 heteroatoms. The lowest BCUT2D eigenvalue weighted by atomic mass is 9.92. The summed E-state index contributed by atoms with van der Waals surface area (Å²) < 4.78 is 2.03. The summed E-state index contributed by atoms with van der Waals surface area (Å²) in [6, 6.07) is 14.8. The van der Waals surface area contributed by atoms with Crippen molar-refractivity contribution in [3.63, 3.8) is 0 Å². The van der Waals surface area contributed by atoms with Crippen molar-refractivity contribution in [3.05, 3.63) is 65.5 Å². The summed E-state index contributed by atoms with van der Waals surface area (Å²) in [5, 5.41) is 13.6. The van der Waals surface area contributed by atoms with Crippen molar-refractivity contribution in [2.75, 3.05) is 5.32 Å². The fourth-order valence-electron chi connectivity index (χ4n) is 3.63. The van der Waals surface area contributed by atoms with Crippen LogP contribution in [-0.4, -0.2) is 20.6 Å². The third-order valence-electron chi connectivity index (χ3n) is 5.39. The standard InChI is InChI=1S/C22H22N4O2.CH4/c1-22(28,15-7-4-3-5-8-15)14-20(27)25-21-24-18-12-11-16(23-2)13-19(18)26(21)17-9-6-10-17;/h3-5,7-8,11-13,17,28H,6,9-10,14H2,1H3,(H,24,25,27);1H4/t22-;/m1./s1. The van der Waals surface area contributed by atoms with Crippen LogP contribution in [0.25, 0.3) is 15.9 Å². The Morgan fingerprint density at radius 2 is 2.03 bits per heavy atom. The molecule has 29 heavy (non-hydrogen) atoms. The number of rotatable bonds is 5. The number of imidazole rings is 1. The maximum Gasteiger partial charge on any atom is 0.229 e. The Morgan fingerprint density at radius 3 is 2.66 bits per heavy atom. The topological polar surface area (TPSA) is 71.5 Å². The molecule has 0 saturated heterocycles. The van der Waals surface area contributed by atoms with E-state index >= 15 is 0 Å². The van der Waals surface area contributed by atoms with Gasteiger partial charge in [-0.3, -0.25) is 10.1 Å². The quantitative estimate of drug-likeness (QED) is 0.589. The number of amides is 1. The largest absolute Gasteiger partial charge is 0.385 e. The monoisotopic (exact) mass is 390 g/mol. The van der Waals surface area contributed by atoms with Gasteiger partial charge in [0.1, 0.15) is 0 Å². The van der Waals surface area contributed by atoms with Crippen LogP contribution < -0.4 is 5.32 Å². The Kier molecular flexibility index (Phi) is 5.71. The number of fused-ring (bicyclic) bond motifs is 1. The lowest BCUT2D eigenvalue weighted by Crippen LogP contribution is -2.30. The van der Waals surface area contributed by atoms with Crippen LogP contribution in [0.4, 0.5) is 11.6 Å². The molecular formula is C23H26N4O2. The van der Waals surface area contributed by atoms with Crippen LogP contribution in [0.3, 0.4) is 0 Å². The zero-order chi connectivity index (χ0) is 19.7. The van der Waals surface area contributed by atoms with Gasteiger partial charge in [-0.05, 0) is 43.9 Å². The van der Waals surface area contributed by atoms with Crippen LogP contribution >= 0.6 is 0 Å². The van der Waals surface area contributed by atoms with Crippen LogP contribution in [0.5, 0.6) is 0 Å². The molecule has 6 nitrogen and oxygen atoms in total. The van der Waals surface area contributed by atoms with Gasteiger partial charge in [-0.1, -0.05) is 43.8 Å². The van der Waals surface area contributed by atoms with Gasteiger partial charge in [-0.25, -0.2) is 9.83 Å². The zero-order valence-corrected chi connectivity index (χ0v) is 15.7. The summed E-state index contributed by atoms with van der Waals surface area (Å²) in [7, 11) is 0. The highest BCUT2D eigenvalue weighted by Gasteiger charge is 2.29. The van der Waals surface area contributed by atoms with Crippen LogP contribution in [0, 0.1) is 6.57 Å². The Bertz CT molecular complexity index is 1060. The summed E-state index contributed by atoms with van der Waals surface area (Å²) in [5.41, 5.74) is 1.60. The third-order valence-corrected chi connectivity index (χ3v) is 5.39. The van der Waals surface area contributed by atoms with Gasteiger partial charge in [-0.2, -0.15) is 0 Å². The molecule has 150 valence electrons. The van der Waals surface area contributed by atoms with Crippen LogP contribution in [0.2, 0.25) is 0 Å². The highest BCUT2D eigenvalue weighted by molar-refractivity contribution is 5.92. The lowest BCUT2D eigenvalue weighted by Gasteiger charge is -2.29. The van der Waals surface area contributed by atoms with E-state index < -0.39 is 5.60 Å². The number of aromatic nitrogens is 2. The minimum absolute atomic E-state index is 0. The average molecular weight is 390 g/mol. The maximum absolute atomic E-state index is 12.7. The second-order valence-electron chi connectivity index (χ2n) is 7.54. The number of hydrogen-bond acceptors (Lipinski definition) is 3. The van der Waals surface area contributed by atoms with Gasteiger partial charge in [0.15, 0.2) is 5.69 Å². The number of benzene rings is 2. The number of aliphatic hydroxyl groups is 1. The van der Waals surface area contributed by atoms with Gasteiger partial charge in [0.2, 0.25) is 11.9 Å². The number of anilines is 1. The minimum atomic E-state index is -1.27. The molecule has 3 aromatic rings. The van der Waals surface area contributed by atoms with Crippen molar-refractivity contribution in [2.45, 2.75) is 51.7 Å². The first kappa shape index (κ1) is 20.6. The first-order chi connectivity index (χ1) is 13.5. The highest BCUT2D eigenvalue weighted by Crippen LogP contribution is 2.38. The molecule has 1 atom stereocenters. The van der Waals surface area contributed by atoms with Gasteiger partial charge in [-0.15, -0.1) is 0 Å². The summed E-state index contributed by atoms with van der Waals surface area (Å²) in [6.07, 6.45) is 3.12. The first-order valence-corrected chi connectivity index (χ1v) is 9.45. The van der Waals surface area contributed by atoms with Crippen molar-refractivity contribution in [3.8, 4) is 0 Å². The van der Waals surface area contributed by atoms with Gasteiger partial charge >= 0.3 is 0 Å². The summed E-state index contributed by atoms with van der Waals surface area (Å²) in [6.45, 7) is 8.89. The molecule has 1 amide bonds. The summed E-state index contributed by atoms with van der Waals surface area (Å²) in [5.74, 6) is 0.186. The Balaban J connectivity index is 0.00000240. The molecule has 0 unspecified atom stereocenters. The second-order valence-corrected chi connectivity index (χ2v) is 7.54. The number of nitrogens with one attached hydrogen (secondary N) is 1. The molecule has 0 spiro atoms. The summed E-state index contributed by atoms with van der Waals surface area (Å²) in [4.78, 5) is 20.8. The Morgan fingerprint density at radius 1 is 1.31 bits per heavy atom. The summed E-state index contributed by atoms with van der Waals surface area (Å²) >= 11 is 0. The molecule has 2 aromatic carbocycles. The van der Waals surface area contributed by atoms with Gasteiger partial charge in [0.05, 0.1) is 29.6 Å². The average Bonchev–Trinajstić information content (AvgIpc) is 2.97. The van der Waals surface area contributed by atoms with E-state index in [9.17, 15) is 9.90 Å². The SMILES string of the molecule is C.[C-]#[N+]c1ccc2nc(NC(=O)C[C@@](C)(O)c3ccccc3)n(C3CCC3)c2c1. The van der Waals surface area contributed by atoms with E-state index in [1.54, 1.807) is 13.0 Å². The molecule has 4 rings (SSSR count). The third kappa shape index (κ3) is 4.01. The van der Waals surface area contributed by atoms with Crippen molar-refractivity contribution in [2.24, 2.45) is 0 Å². The van der Waals surface area contributed by atoms with Crippen molar-refractivity contribution >= 4 is 28.6 Å². The molecular weight excluding hydrogens is 364 g/mol. The molecule has 1 saturated carbocycles. The van der Waals surface area contributed by atoms with Crippen molar-refractivity contribution in [1.82, 2.24) is 9.55 Å². The minimum Gasteiger partial charge on any atom is -0.385 e.